The maximum Gasteiger partial charge on any atom is 0.0599 e. The summed E-state index contributed by atoms with van der Waals surface area (Å²) in [6, 6.07) is 10.1. The minimum absolute atomic E-state index is 0.785. The van der Waals surface area contributed by atoms with Crippen molar-refractivity contribution in [2.75, 3.05) is 11.4 Å². The van der Waals surface area contributed by atoms with Crippen molar-refractivity contribution in [3.63, 3.8) is 0 Å². The van der Waals surface area contributed by atoms with Gasteiger partial charge in [0, 0.05) is 45.1 Å². The van der Waals surface area contributed by atoms with Crippen LogP contribution in [0.4, 0.5) is 11.4 Å². The van der Waals surface area contributed by atoms with Gasteiger partial charge in [0.25, 0.3) is 0 Å². The van der Waals surface area contributed by atoms with E-state index >= 15 is 0 Å². The third-order valence-corrected chi connectivity index (χ3v) is 4.27. The van der Waals surface area contributed by atoms with E-state index in [4.69, 9.17) is 11.6 Å². The Hall–Kier alpha value is -1.58. The van der Waals surface area contributed by atoms with Gasteiger partial charge in [-0.25, -0.2) is 0 Å². The predicted octanol–water partition coefficient (Wildman–Crippen LogP) is 5.11. The summed E-state index contributed by atoms with van der Waals surface area (Å²) in [5.74, 6) is 0. The molecule has 1 aromatic carbocycles. The molecule has 2 heterocycles. The van der Waals surface area contributed by atoms with Gasteiger partial charge in [-0.3, -0.25) is 4.98 Å². The SMILES string of the molecule is CCN(c1ccncc1)c1csc2cc(Cl)ccc12. The van der Waals surface area contributed by atoms with Crippen LogP contribution in [0.15, 0.2) is 48.1 Å². The molecule has 0 spiro atoms. The molecule has 0 saturated heterocycles. The molecule has 2 nitrogen and oxygen atoms in total. The number of benzene rings is 1. The Labute approximate surface area is 121 Å². The molecule has 0 radical (unpaired) electrons. The molecule has 2 aromatic heterocycles. The van der Waals surface area contributed by atoms with E-state index in [0.717, 1.165) is 17.3 Å². The molecular weight excluding hydrogens is 276 g/mol. The average molecular weight is 289 g/mol. The number of pyridine rings is 1. The topological polar surface area (TPSA) is 16.1 Å². The van der Waals surface area contributed by atoms with Gasteiger partial charge in [-0.2, -0.15) is 0 Å². The highest BCUT2D eigenvalue weighted by atomic mass is 35.5. The Morgan fingerprint density at radius 1 is 1.21 bits per heavy atom. The van der Waals surface area contributed by atoms with Crippen LogP contribution in [0.1, 0.15) is 6.92 Å². The average Bonchev–Trinajstić information content (AvgIpc) is 2.84. The number of fused-ring (bicyclic) bond motifs is 1. The van der Waals surface area contributed by atoms with Crippen molar-refractivity contribution in [2.45, 2.75) is 6.92 Å². The van der Waals surface area contributed by atoms with Crippen LogP contribution in [0.25, 0.3) is 10.1 Å². The molecule has 0 saturated carbocycles. The van der Waals surface area contributed by atoms with Crippen LogP contribution in [0, 0.1) is 0 Å². The Morgan fingerprint density at radius 3 is 2.74 bits per heavy atom. The van der Waals surface area contributed by atoms with Gasteiger partial charge in [0.05, 0.1) is 5.69 Å². The van der Waals surface area contributed by atoms with Crippen LogP contribution in [0.5, 0.6) is 0 Å². The summed E-state index contributed by atoms with van der Waals surface area (Å²) in [6.07, 6.45) is 3.65. The molecule has 0 fully saturated rings. The summed E-state index contributed by atoms with van der Waals surface area (Å²) in [6.45, 7) is 3.07. The fourth-order valence-electron chi connectivity index (χ4n) is 2.21. The van der Waals surface area contributed by atoms with E-state index < -0.39 is 0 Å². The maximum absolute atomic E-state index is 6.04. The normalized spacial score (nSPS) is 10.8. The summed E-state index contributed by atoms with van der Waals surface area (Å²) in [5.41, 5.74) is 2.39. The highest BCUT2D eigenvalue weighted by Gasteiger charge is 2.12. The summed E-state index contributed by atoms with van der Waals surface area (Å²) >= 11 is 7.77. The molecule has 96 valence electrons. The zero-order valence-electron chi connectivity index (χ0n) is 10.5. The third kappa shape index (κ3) is 2.31. The van der Waals surface area contributed by atoms with Crippen LogP contribution in [0.2, 0.25) is 5.02 Å². The van der Waals surface area contributed by atoms with Crippen molar-refractivity contribution >= 4 is 44.4 Å². The summed E-state index contributed by atoms with van der Waals surface area (Å²) in [4.78, 5) is 6.36. The molecule has 19 heavy (non-hydrogen) atoms. The van der Waals surface area contributed by atoms with Gasteiger partial charge in [0.15, 0.2) is 0 Å². The molecule has 3 rings (SSSR count). The molecule has 0 amide bonds. The van der Waals surface area contributed by atoms with E-state index in [9.17, 15) is 0 Å². The zero-order chi connectivity index (χ0) is 13.2. The Morgan fingerprint density at radius 2 is 2.00 bits per heavy atom. The number of rotatable bonds is 3. The Kier molecular flexibility index (Phi) is 3.40. The van der Waals surface area contributed by atoms with Crippen molar-refractivity contribution < 1.29 is 0 Å². The van der Waals surface area contributed by atoms with Crippen molar-refractivity contribution in [3.8, 4) is 0 Å². The molecule has 0 atom stereocenters. The Balaban J connectivity index is 2.12. The number of aromatic nitrogens is 1. The lowest BCUT2D eigenvalue weighted by molar-refractivity contribution is 1.03. The molecular formula is C15H13ClN2S. The first-order valence-electron chi connectivity index (χ1n) is 6.14. The number of hydrogen-bond acceptors (Lipinski definition) is 3. The highest BCUT2D eigenvalue weighted by Crippen LogP contribution is 2.37. The molecule has 0 unspecified atom stereocenters. The van der Waals surface area contributed by atoms with Crippen LogP contribution in [0.3, 0.4) is 0 Å². The smallest absolute Gasteiger partial charge is 0.0599 e. The van der Waals surface area contributed by atoms with Gasteiger partial charge < -0.3 is 4.90 Å². The van der Waals surface area contributed by atoms with Crippen molar-refractivity contribution in [3.05, 3.63) is 53.1 Å². The number of nitrogens with zero attached hydrogens (tertiary/aromatic N) is 2. The summed E-state index contributed by atoms with van der Waals surface area (Å²) in [5, 5.41) is 4.21. The maximum atomic E-state index is 6.04. The second kappa shape index (κ2) is 5.19. The van der Waals surface area contributed by atoms with E-state index in [-0.39, 0.29) is 0 Å². The molecule has 0 aliphatic carbocycles. The number of hydrogen-bond donors (Lipinski definition) is 0. The molecule has 4 heteroatoms. The van der Waals surface area contributed by atoms with E-state index in [1.165, 1.54) is 15.8 Å². The van der Waals surface area contributed by atoms with E-state index in [2.05, 4.69) is 28.3 Å². The van der Waals surface area contributed by atoms with Crippen LogP contribution >= 0.6 is 22.9 Å². The number of halogens is 1. The van der Waals surface area contributed by atoms with Gasteiger partial charge in [-0.15, -0.1) is 11.3 Å². The largest absolute Gasteiger partial charge is 0.340 e. The lowest BCUT2D eigenvalue weighted by Gasteiger charge is -2.22. The lowest BCUT2D eigenvalue weighted by atomic mass is 10.2. The highest BCUT2D eigenvalue weighted by molar-refractivity contribution is 7.17. The summed E-state index contributed by atoms with van der Waals surface area (Å²) in [7, 11) is 0. The van der Waals surface area contributed by atoms with Gasteiger partial charge in [0.1, 0.15) is 0 Å². The second-order valence-corrected chi connectivity index (χ2v) is 5.56. The fraction of sp³-hybridized carbons (Fsp3) is 0.133. The van der Waals surface area contributed by atoms with Crippen molar-refractivity contribution in [1.29, 1.82) is 0 Å². The fourth-order valence-corrected chi connectivity index (χ4v) is 3.44. The van der Waals surface area contributed by atoms with E-state index in [1.54, 1.807) is 11.3 Å². The molecule has 0 aliphatic heterocycles. The Bertz CT molecular complexity index is 694. The minimum Gasteiger partial charge on any atom is -0.340 e. The second-order valence-electron chi connectivity index (χ2n) is 4.21. The molecule has 3 aromatic rings. The molecule has 0 aliphatic rings. The minimum atomic E-state index is 0.785. The van der Waals surface area contributed by atoms with E-state index in [1.807, 2.05) is 36.7 Å². The first kappa shape index (κ1) is 12.5. The number of thiophene rings is 1. The molecule has 0 N–H and O–H groups in total. The standard InChI is InChI=1S/C15H13ClN2S/c1-2-18(12-5-7-17-8-6-12)14-10-19-15-9-11(16)3-4-13(14)15/h3-10H,2H2,1H3. The van der Waals surface area contributed by atoms with Gasteiger partial charge in [-0.1, -0.05) is 11.6 Å². The van der Waals surface area contributed by atoms with Crippen molar-refractivity contribution in [2.24, 2.45) is 0 Å². The van der Waals surface area contributed by atoms with E-state index in [0.29, 0.717) is 0 Å². The van der Waals surface area contributed by atoms with Crippen molar-refractivity contribution in [1.82, 2.24) is 4.98 Å². The first-order valence-corrected chi connectivity index (χ1v) is 7.39. The quantitative estimate of drug-likeness (QED) is 0.666. The van der Waals surface area contributed by atoms with Gasteiger partial charge in [-0.05, 0) is 37.3 Å². The zero-order valence-corrected chi connectivity index (χ0v) is 12.1. The van der Waals surface area contributed by atoms with Crippen LogP contribution in [-0.2, 0) is 0 Å². The summed E-state index contributed by atoms with van der Waals surface area (Å²) < 4.78 is 1.22. The monoisotopic (exact) mass is 288 g/mol. The molecule has 0 bridgehead atoms. The van der Waals surface area contributed by atoms with Crippen LogP contribution < -0.4 is 4.90 Å². The van der Waals surface area contributed by atoms with Gasteiger partial charge >= 0.3 is 0 Å². The third-order valence-electron chi connectivity index (χ3n) is 3.10. The van der Waals surface area contributed by atoms with Gasteiger partial charge in [0.2, 0.25) is 0 Å². The predicted molar refractivity (Wildman–Crippen MR) is 83.8 cm³/mol. The van der Waals surface area contributed by atoms with Crippen LogP contribution in [-0.4, -0.2) is 11.5 Å². The first-order chi connectivity index (χ1) is 9.29. The lowest BCUT2D eigenvalue weighted by Crippen LogP contribution is -2.15. The number of anilines is 2.